The molecule has 0 fully saturated rings. The summed E-state index contributed by atoms with van der Waals surface area (Å²) in [6, 6.07) is 3.79. The van der Waals surface area contributed by atoms with Crippen molar-refractivity contribution in [1.82, 2.24) is 0 Å². The van der Waals surface area contributed by atoms with Gasteiger partial charge in [0.2, 0.25) is 0 Å². The topological polar surface area (TPSA) is 23.8 Å². The number of nitrogens with zero attached hydrogens (tertiary/aromatic N) is 1. The van der Waals surface area contributed by atoms with Crippen LogP contribution in [0.15, 0.2) is 12.1 Å². The highest BCUT2D eigenvalue weighted by Crippen LogP contribution is 2.33. The zero-order chi connectivity index (χ0) is 10.9. The van der Waals surface area contributed by atoms with E-state index in [1.165, 1.54) is 6.07 Å². The second-order valence-electron chi connectivity index (χ2n) is 2.76. The molecule has 0 radical (unpaired) electrons. The minimum Gasteiger partial charge on any atom is -0.192 e. The van der Waals surface area contributed by atoms with Gasteiger partial charge in [-0.25, -0.2) is 0 Å². The van der Waals surface area contributed by atoms with Gasteiger partial charge in [-0.1, -0.05) is 0 Å². The maximum Gasteiger partial charge on any atom is 0.417 e. The molecule has 1 nitrogen and oxygen atoms in total. The van der Waals surface area contributed by atoms with Crippen molar-refractivity contribution in [3.63, 3.8) is 0 Å². The number of alkyl halides is 3. The number of nitriles is 1. The normalized spacial score (nSPS) is 11.1. The summed E-state index contributed by atoms with van der Waals surface area (Å²) < 4.78 is 37.8. The van der Waals surface area contributed by atoms with Crippen LogP contribution in [-0.2, 0) is 6.18 Å². The summed E-state index contributed by atoms with van der Waals surface area (Å²) in [7, 11) is 0. The van der Waals surface area contributed by atoms with Gasteiger partial charge in [0.25, 0.3) is 0 Å². The van der Waals surface area contributed by atoms with E-state index in [0.717, 1.165) is 6.07 Å². The molecule has 1 aromatic rings. The van der Waals surface area contributed by atoms with Crippen molar-refractivity contribution >= 4 is 22.6 Å². The van der Waals surface area contributed by atoms with Crippen LogP contribution in [0, 0.1) is 21.8 Å². The van der Waals surface area contributed by atoms with Crippen molar-refractivity contribution in [2.75, 3.05) is 0 Å². The molecule has 0 aromatic heterocycles. The van der Waals surface area contributed by atoms with Gasteiger partial charge in [-0.3, -0.25) is 0 Å². The van der Waals surface area contributed by atoms with Gasteiger partial charge < -0.3 is 0 Å². The monoisotopic (exact) mass is 311 g/mol. The smallest absolute Gasteiger partial charge is 0.192 e. The molecule has 0 aliphatic heterocycles. The summed E-state index contributed by atoms with van der Waals surface area (Å²) in [6.45, 7) is 1.58. The summed E-state index contributed by atoms with van der Waals surface area (Å²) >= 11 is 1.90. The van der Waals surface area contributed by atoms with Crippen molar-refractivity contribution < 1.29 is 13.2 Å². The fourth-order valence-electron chi connectivity index (χ4n) is 1.01. The van der Waals surface area contributed by atoms with E-state index in [9.17, 15) is 13.2 Å². The zero-order valence-corrected chi connectivity index (χ0v) is 9.27. The van der Waals surface area contributed by atoms with Crippen molar-refractivity contribution in [2.24, 2.45) is 0 Å². The van der Waals surface area contributed by atoms with Gasteiger partial charge in [0, 0.05) is 3.57 Å². The van der Waals surface area contributed by atoms with Crippen LogP contribution >= 0.6 is 22.6 Å². The molecule has 0 aliphatic rings. The van der Waals surface area contributed by atoms with Gasteiger partial charge in [0.05, 0.1) is 17.2 Å². The lowest BCUT2D eigenvalue weighted by atomic mass is 10.1. The molecule has 0 bridgehead atoms. The molecule has 5 heteroatoms. The van der Waals surface area contributed by atoms with E-state index < -0.39 is 11.7 Å². The van der Waals surface area contributed by atoms with Gasteiger partial charge in [0.1, 0.15) is 0 Å². The lowest BCUT2D eigenvalue weighted by molar-refractivity contribution is -0.137. The van der Waals surface area contributed by atoms with E-state index in [0.29, 0.717) is 9.13 Å². The van der Waals surface area contributed by atoms with E-state index in [1.807, 2.05) is 22.6 Å². The summed E-state index contributed by atoms with van der Waals surface area (Å²) in [6.07, 6.45) is -4.46. The van der Waals surface area contributed by atoms with Gasteiger partial charge >= 0.3 is 6.18 Å². The summed E-state index contributed by atoms with van der Waals surface area (Å²) in [5.41, 5.74) is -0.664. The molecule has 0 spiro atoms. The Balaban J connectivity index is 3.45. The molecule has 74 valence electrons. The molecule has 0 saturated heterocycles. The number of benzene rings is 1. The Morgan fingerprint density at radius 1 is 1.36 bits per heavy atom. The number of halogens is 4. The third-order valence-electron chi connectivity index (χ3n) is 1.72. The molecule has 0 amide bonds. The molecule has 0 aliphatic carbocycles. The third-order valence-corrected chi connectivity index (χ3v) is 2.89. The molecule has 0 N–H and O–H groups in total. The predicted molar refractivity (Wildman–Crippen MR) is 53.6 cm³/mol. The highest BCUT2D eigenvalue weighted by atomic mass is 127. The Labute approximate surface area is 92.7 Å². The average Bonchev–Trinajstić information content (AvgIpc) is 2.07. The molecular weight excluding hydrogens is 306 g/mol. The Morgan fingerprint density at radius 2 is 1.93 bits per heavy atom. The molecule has 1 aromatic carbocycles. The molecule has 0 saturated carbocycles. The average molecular weight is 311 g/mol. The SMILES string of the molecule is Cc1cc(C(F)(F)F)c(C#N)cc1I. The van der Waals surface area contributed by atoms with Crippen LogP contribution in [0.2, 0.25) is 0 Å². The number of rotatable bonds is 0. The number of hydrogen-bond acceptors (Lipinski definition) is 1. The molecule has 14 heavy (non-hydrogen) atoms. The van der Waals surface area contributed by atoms with Crippen molar-refractivity contribution in [3.05, 3.63) is 32.4 Å². The second kappa shape index (κ2) is 3.77. The first-order valence-electron chi connectivity index (χ1n) is 3.63. The van der Waals surface area contributed by atoms with Gasteiger partial charge in [0.15, 0.2) is 0 Å². The van der Waals surface area contributed by atoms with Crippen LogP contribution in [-0.4, -0.2) is 0 Å². The first kappa shape index (κ1) is 11.3. The quantitative estimate of drug-likeness (QED) is 0.673. The van der Waals surface area contributed by atoms with E-state index in [4.69, 9.17) is 5.26 Å². The zero-order valence-electron chi connectivity index (χ0n) is 7.11. The van der Waals surface area contributed by atoms with Crippen molar-refractivity contribution in [2.45, 2.75) is 13.1 Å². The van der Waals surface area contributed by atoms with Crippen LogP contribution < -0.4 is 0 Å². The van der Waals surface area contributed by atoms with Crippen molar-refractivity contribution in [1.29, 1.82) is 5.26 Å². The summed E-state index contributed by atoms with van der Waals surface area (Å²) in [5.74, 6) is 0. The highest BCUT2D eigenvalue weighted by Gasteiger charge is 2.33. The van der Waals surface area contributed by atoms with Gasteiger partial charge in [-0.15, -0.1) is 0 Å². The molecular formula is C9H5F3IN. The summed E-state index contributed by atoms with van der Waals surface area (Å²) in [4.78, 5) is 0. The fraction of sp³-hybridized carbons (Fsp3) is 0.222. The predicted octanol–water partition coefficient (Wildman–Crippen LogP) is 3.49. The standard InChI is InChI=1S/C9H5F3IN/c1-5-2-7(9(10,11)12)6(4-14)3-8(5)13/h2-3H,1H3. The summed E-state index contributed by atoms with van der Waals surface area (Å²) in [5, 5.41) is 8.54. The Kier molecular flexibility index (Phi) is 3.04. The fourth-order valence-corrected chi connectivity index (χ4v) is 1.48. The molecule has 1 rings (SSSR count). The lowest BCUT2D eigenvalue weighted by Gasteiger charge is -2.10. The first-order valence-corrected chi connectivity index (χ1v) is 4.71. The van der Waals surface area contributed by atoms with Gasteiger partial charge in [-0.2, -0.15) is 18.4 Å². The van der Waals surface area contributed by atoms with E-state index >= 15 is 0 Å². The largest absolute Gasteiger partial charge is 0.417 e. The second-order valence-corrected chi connectivity index (χ2v) is 3.92. The van der Waals surface area contributed by atoms with Crippen LogP contribution in [0.5, 0.6) is 0 Å². The third kappa shape index (κ3) is 2.18. The first-order chi connectivity index (χ1) is 6.36. The van der Waals surface area contributed by atoms with E-state index in [2.05, 4.69) is 0 Å². The minimum atomic E-state index is -4.46. The number of aryl methyl sites for hydroxylation is 1. The maximum atomic E-state index is 12.4. The van der Waals surface area contributed by atoms with Crippen LogP contribution in [0.3, 0.4) is 0 Å². The Bertz CT molecular complexity index is 404. The molecule has 0 heterocycles. The molecule has 0 unspecified atom stereocenters. The highest BCUT2D eigenvalue weighted by molar-refractivity contribution is 14.1. The Morgan fingerprint density at radius 3 is 2.36 bits per heavy atom. The van der Waals surface area contributed by atoms with Crippen LogP contribution in [0.4, 0.5) is 13.2 Å². The minimum absolute atomic E-state index is 0.326. The number of hydrogen-bond donors (Lipinski definition) is 0. The van der Waals surface area contributed by atoms with E-state index in [1.54, 1.807) is 13.0 Å². The molecule has 0 atom stereocenters. The van der Waals surface area contributed by atoms with Crippen molar-refractivity contribution in [3.8, 4) is 6.07 Å². The Hall–Kier alpha value is -0.770. The maximum absolute atomic E-state index is 12.4. The van der Waals surface area contributed by atoms with E-state index in [-0.39, 0.29) is 5.56 Å². The lowest BCUT2D eigenvalue weighted by Crippen LogP contribution is -2.08. The van der Waals surface area contributed by atoms with Crippen LogP contribution in [0.1, 0.15) is 16.7 Å². The van der Waals surface area contributed by atoms with Gasteiger partial charge in [-0.05, 0) is 47.2 Å². The van der Waals surface area contributed by atoms with Crippen LogP contribution in [0.25, 0.3) is 0 Å².